The van der Waals surface area contributed by atoms with Crippen LogP contribution in [0.5, 0.6) is 5.75 Å². The number of anilines is 2. The Balaban J connectivity index is 2.80. The Kier molecular flexibility index (Phi) is 4.91. The first-order chi connectivity index (χ1) is 11.5. The molecule has 2 aromatic rings. The fraction of sp³-hybridized carbons (Fsp3) is 0.143. The molecule has 5 nitrogen and oxygen atoms in total. The van der Waals surface area contributed by atoms with E-state index in [1.807, 2.05) is 0 Å². The van der Waals surface area contributed by atoms with Crippen molar-refractivity contribution in [3.05, 3.63) is 47.3 Å². The SMILES string of the molecule is COc1ccc(N(C)c2c(F)c(F)c(F)c(F)c2S(N)(=O)=O)cc1F. The van der Waals surface area contributed by atoms with Gasteiger partial charge in [0.2, 0.25) is 10.0 Å². The van der Waals surface area contributed by atoms with Crippen molar-refractivity contribution in [3.63, 3.8) is 0 Å². The van der Waals surface area contributed by atoms with E-state index in [-0.39, 0.29) is 11.4 Å². The molecule has 0 aliphatic rings. The van der Waals surface area contributed by atoms with Gasteiger partial charge in [-0.25, -0.2) is 35.5 Å². The number of hydrogen-bond donors (Lipinski definition) is 1. The molecule has 0 aromatic heterocycles. The molecular formula is C14H11F5N2O3S. The van der Waals surface area contributed by atoms with Crippen LogP contribution in [0.25, 0.3) is 0 Å². The third-order valence-corrected chi connectivity index (χ3v) is 4.28. The van der Waals surface area contributed by atoms with Crippen molar-refractivity contribution in [2.24, 2.45) is 5.14 Å². The van der Waals surface area contributed by atoms with Gasteiger partial charge in [0.25, 0.3) is 0 Å². The Bertz CT molecular complexity index is 950. The lowest BCUT2D eigenvalue weighted by molar-refractivity contribution is 0.386. The van der Waals surface area contributed by atoms with Crippen molar-refractivity contribution in [1.29, 1.82) is 0 Å². The lowest BCUT2D eigenvalue weighted by Crippen LogP contribution is -2.23. The Labute approximate surface area is 139 Å². The number of nitrogens with zero attached hydrogens (tertiary/aromatic N) is 1. The molecule has 0 fully saturated rings. The number of halogens is 5. The van der Waals surface area contributed by atoms with Gasteiger partial charge in [-0.2, -0.15) is 0 Å². The Morgan fingerprint density at radius 1 is 1.00 bits per heavy atom. The first-order valence-electron chi connectivity index (χ1n) is 6.46. The monoisotopic (exact) mass is 382 g/mol. The van der Waals surface area contributed by atoms with Crippen LogP contribution in [0.4, 0.5) is 33.3 Å². The van der Waals surface area contributed by atoms with E-state index >= 15 is 0 Å². The van der Waals surface area contributed by atoms with Crippen LogP contribution in [0.2, 0.25) is 0 Å². The van der Waals surface area contributed by atoms with E-state index in [1.54, 1.807) is 0 Å². The van der Waals surface area contributed by atoms with E-state index in [2.05, 4.69) is 4.74 Å². The summed E-state index contributed by atoms with van der Waals surface area (Å²) in [5.74, 6) is -9.84. The maximum Gasteiger partial charge on any atom is 0.243 e. The molecule has 0 saturated carbocycles. The first-order valence-corrected chi connectivity index (χ1v) is 8.01. The van der Waals surface area contributed by atoms with Crippen LogP contribution < -0.4 is 14.8 Å². The van der Waals surface area contributed by atoms with Crippen LogP contribution >= 0.6 is 0 Å². The second-order valence-electron chi connectivity index (χ2n) is 4.86. The van der Waals surface area contributed by atoms with Crippen LogP contribution in [-0.2, 0) is 10.0 Å². The van der Waals surface area contributed by atoms with Gasteiger partial charge in [0.1, 0.15) is 10.6 Å². The Hall–Kier alpha value is -2.40. The average molecular weight is 382 g/mol. The summed E-state index contributed by atoms with van der Waals surface area (Å²) in [6.45, 7) is 0. The molecule has 0 bridgehead atoms. The van der Waals surface area contributed by atoms with Gasteiger partial charge < -0.3 is 9.64 Å². The van der Waals surface area contributed by atoms with Crippen LogP contribution in [0.1, 0.15) is 0 Å². The summed E-state index contributed by atoms with van der Waals surface area (Å²) < 4.78 is 96.6. The third kappa shape index (κ3) is 3.24. The van der Waals surface area contributed by atoms with Crippen molar-refractivity contribution < 1.29 is 35.1 Å². The smallest absolute Gasteiger partial charge is 0.243 e. The van der Waals surface area contributed by atoms with Gasteiger partial charge in [-0.1, -0.05) is 0 Å². The predicted molar refractivity (Wildman–Crippen MR) is 78.7 cm³/mol. The maximum atomic E-state index is 14.2. The lowest BCUT2D eigenvalue weighted by atomic mass is 10.2. The van der Waals surface area contributed by atoms with Crippen LogP contribution in [-0.4, -0.2) is 22.6 Å². The number of ether oxygens (including phenoxy) is 1. The van der Waals surface area contributed by atoms with Gasteiger partial charge in [-0.05, 0) is 12.1 Å². The second-order valence-corrected chi connectivity index (χ2v) is 6.35. The molecular weight excluding hydrogens is 371 g/mol. The normalized spacial score (nSPS) is 11.5. The summed E-state index contributed by atoms with van der Waals surface area (Å²) in [4.78, 5) is -0.981. The molecule has 0 aliphatic heterocycles. The van der Waals surface area contributed by atoms with Crippen LogP contribution in [0.15, 0.2) is 23.1 Å². The highest BCUT2D eigenvalue weighted by Gasteiger charge is 2.33. The number of sulfonamides is 1. The number of nitrogens with two attached hydrogens (primary N) is 1. The molecule has 2 N–H and O–H groups in total. The van der Waals surface area contributed by atoms with Gasteiger partial charge in [0.15, 0.2) is 34.8 Å². The number of hydrogen-bond acceptors (Lipinski definition) is 4. The van der Waals surface area contributed by atoms with Crippen molar-refractivity contribution in [3.8, 4) is 5.75 Å². The number of primary sulfonamides is 1. The molecule has 0 unspecified atom stereocenters. The van der Waals surface area contributed by atoms with Crippen molar-refractivity contribution in [2.45, 2.75) is 4.90 Å². The molecule has 136 valence electrons. The molecule has 11 heteroatoms. The van der Waals surface area contributed by atoms with E-state index in [0.29, 0.717) is 4.90 Å². The second kappa shape index (κ2) is 6.48. The zero-order valence-corrected chi connectivity index (χ0v) is 13.6. The maximum absolute atomic E-state index is 14.2. The topological polar surface area (TPSA) is 72.6 Å². The van der Waals surface area contributed by atoms with E-state index in [9.17, 15) is 30.4 Å². The molecule has 0 saturated heterocycles. The Morgan fingerprint density at radius 2 is 1.56 bits per heavy atom. The van der Waals surface area contributed by atoms with Crippen molar-refractivity contribution in [1.82, 2.24) is 0 Å². The van der Waals surface area contributed by atoms with E-state index in [4.69, 9.17) is 5.14 Å². The Morgan fingerprint density at radius 3 is 2.04 bits per heavy atom. The fourth-order valence-corrected chi connectivity index (χ4v) is 2.99. The quantitative estimate of drug-likeness (QED) is 0.502. The molecule has 0 radical (unpaired) electrons. The third-order valence-electron chi connectivity index (χ3n) is 3.34. The summed E-state index contributed by atoms with van der Waals surface area (Å²) in [5.41, 5.74) is -1.41. The molecule has 2 aromatic carbocycles. The summed E-state index contributed by atoms with van der Waals surface area (Å²) in [6.07, 6.45) is 0. The lowest BCUT2D eigenvalue weighted by Gasteiger charge is -2.23. The van der Waals surface area contributed by atoms with Crippen molar-refractivity contribution in [2.75, 3.05) is 19.1 Å². The molecule has 0 spiro atoms. The molecule has 25 heavy (non-hydrogen) atoms. The largest absolute Gasteiger partial charge is 0.494 e. The first kappa shape index (κ1) is 18.9. The van der Waals surface area contributed by atoms with Crippen LogP contribution in [0, 0.1) is 29.1 Å². The van der Waals surface area contributed by atoms with E-state index < -0.39 is 49.7 Å². The summed E-state index contributed by atoms with van der Waals surface area (Å²) >= 11 is 0. The van der Waals surface area contributed by atoms with Crippen LogP contribution in [0.3, 0.4) is 0 Å². The minimum Gasteiger partial charge on any atom is -0.494 e. The van der Waals surface area contributed by atoms with Crippen molar-refractivity contribution >= 4 is 21.4 Å². The summed E-state index contributed by atoms with van der Waals surface area (Å²) in [6, 6.07) is 3.07. The predicted octanol–water partition coefficient (Wildman–Crippen LogP) is 2.81. The van der Waals surface area contributed by atoms with Gasteiger partial charge in [0, 0.05) is 18.8 Å². The minimum absolute atomic E-state index is 0.180. The average Bonchev–Trinajstić information content (AvgIpc) is 2.54. The molecule has 2 rings (SSSR count). The van der Waals surface area contributed by atoms with Gasteiger partial charge in [-0.3, -0.25) is 0 Å². The number of benzene rings is 2. The highest BCUT2D eigenvalue weighted by Crippen LogP contribution is 2.37. The summed E-state index contributed by atoms with van der Waals surface area (Å²) in [5, 5.41) is 4.79. The fourth-order valence-electron chi connectivity index (χ4n) is 2.15. The van der Waals surface area contributed by atoms with Gasteiger partial charge in [0.05, 0.1) is 7.11 Å². The molecule has 0 heterocycles. The highest BCUT2D eigenvalue weighted by molar-refractivity contribution is 7.89. The standard InChI is InChI=1S/C14H11F5N2O3S/c1-21(6-3-4-8(24-2)7(15)5-6)13-11(18)9(16)10(17)12(19)14(13)25(20,22)23/h3-5H,1-2H3,(H2,20,22,23). The zero-order valence-electron chi connectivity index (χ0n) is 12.8. The van der Waals surface area contributed by atoms with E-state index in [0.717, 1.165) is 25.2 Å². The molecule has 0 atom stereocenters. The molecule has 0 amide bonds. The zero-order chi connectivity index (χ0) is 19.1. The minimum atomic E-state index is -4.98. The number of methoxy groups -OCH3 is 1. The van der Waals surface area contributed by atoms with E-state index in [1.165, 1.54) is 7.11 Å². The molecule has 0 aliphatic carbocycles. The highest BCUT2D eigenvalue weighted by atomic mass is 32.2. The number of rotatable bonds is 4. The van der Waals surface area contributed by atoms with Gasteiger partial charge in [-0.15, -0.1) is 0 Å². The van der Waals surface area contributed by atoms with Gasteiger partial charge >= 0.3 is 0 Å². The summed E-state index contributed by atoms with van der Waals surface area (Å²) in [7, 11) is -2.81.